The summed E-state index contributed by atoms with van der Waals surface area (Å²) in [6.45, 7) is 8.93. The first-order chi connectivity index (χ1) is 6.50. The molecule has 0 aliphatic heterocycles. The fourth-order valence-corrected chi connectivity index (χ4v) is 3.16. The zero-order chi connectivity index (χ0) is 10.3. The predicted molar refractivity (Wildman–Crippen MR) is 63.1 cm³/mol. The molecular weight excluding hydrogens is 190 g/mol. The molecule has 2 aromatic heterocycles. The van der Waals surface area contributed by atoms with Gasteiger partial charge < -0.3 is 0 Å². The SMILES string of the molecule is Cc1sc2cccnc2c1C(C)(C)C. The molecule has 2 heteroatoms. The van der Waals surface area contributed by atoms with E-state index in [1.165, 1.54) is 20.7 Å². The van der Waals surface area contributed by atoms with E-state index in [0.717, 1.165) is 0 Å². The normalized spacial score (nSPS) is 12.3. The molecule has 0 aliphatic rings. The topological polar surface area (TPSA) is 12.9 Å². The van der Waals surface area contributed by atoms with Gasteiger partial charge in [0.25, 0.3) is 0 Å². The average molecular weight is 205 g/mol. The van der Waals surface area contributed by atoms with E-state index in [9.17, 15) is 0 Å². The van der Waals surface area contributed by atoms with Crippen molar-refractivity contribution in [1.82, 2.24) is 4.98 Å². The van der Waals surface area contributed by atoms with Gasteiger partial charge in [0, 0.05) is 11.1 Å². The molecule has 2 heterocycles. The maximum Gasteiger partial charge on any atom is 0.0849 e. The van der Waals surface area contributed by atoms with E-state index in [-0.39, 0.29) is 5.41 Å². The monoisotopic (exact) mass is 205 g/mol. The third kappa shape index (κ3) is 1.44. The van der Waals surface area contributed by atoms with Gasteiger partial charge in [0.05, 0.1) is 10.2 Å². The summed E-state index contributed by atoms with van der Waals surface area (Å²) in [5.74, 6) is 0. The number of aromatic nitrogens is 1. The summed E-state index contributed by atoms with van der Waals surface area (Å²) in [7, 11) is 0. The highest BCUT2D eigenvalue weighted by Gasteiger charge is 2.22. The zero-order valence-corrected chi connectivity index (χ0v) is 9.90. The Morgan fingerprint density at radius 2 is 2.00 bits per heavy atom. The maximum absolute atomic E-state index is 4.48. The Kier molecular flexibility index (Phi) is 2.11. The van der Waals surface area contributed by atoms with Crippen LogP contribution >= 0.6 is 11.3 Å². The van der Waals surface area contributed by atoms with Crippen LogP contribution in [0.15, 0.2) is 18.3 Å². The van der Waals surface area contributed by atoms with Gasteiger partial charge in [-0.15, -0.1) is 11.3 Å². The summed E-state index contributed by atoms with van der Waals surface area (Å²) in [5, 5.41) is 0. The van der Waals surface area contributed by atoms with E-state index < -0.39 is 0 Å². The van der Waals surface area contributed by atoms with E-state index in [4.69, 9.17) is 0 Å². The van der Waals surface area contributed by atoms with Crippen molar-refractivity contribution >= 4 is 21.6 Å². The van der Waals surface area contributed by atoms with Gasteiger partial charge in [0.1, 0.15) is 0 Å². The average Bonchev–Trinajstić information content (AvgIpc) is 2.38. The molecule has 0 aliphatic carbocycles. The summed E-state index contributed by atoms with van der Waals surface area (Å²) in [4.78, 5) is 5.87. The molecule has 0 N–H and O–H groups in total. The summed E-state index contributed by atoms with van der Waals surface area (Å²) in [6, 6.07) is 4.15. The van der Waals surface area contributed by atoms with Crippen LogP contribution in [0.1, 0.15) is 31.2 Å². The second-order valence-electron chi connectivity index (χ2n) is 4.63. The lowest BCUT2D eigenvalue weighted by molar-refractivity contribution is 0.593. The highest BCUT2D eigenvalue weighted by molar-refractivity contribution is 7.19. The van der Waals surface area contributed by atoms with Gasteiger partial charge in [-0.25, -0.2) is 0 Å². The van der Waals surface area contributed by atoms with Crippen molar-refractivity contribution in [2.45, 2.75) is 33.1 Å². The zero-order valence-electron chi connectivity index (χ0n) is 9.09. The lowest BCUT2D eigenvalue weighted by Gasteiger charge is -2.18. The summed E-state index contributed by atoms with van der Waals surface area (Å²) >= 11 is 1.84. The van der Waals surface area contributed by atoms with Gasteiger partial charge >= 0.3 is 0 Å². The Bertz CT molecular complexity index is 463. The van der Waals surface area contributed by atoms with Crippen LogP contribution in [-0.4, -0.2) is 4.98 Å². The summed E-state index contributed by atoms with van der Waals surface area (Å²) in [6.07, 6.45) is 1.88. The number of rotatable bonds is 0. The predicted octanol–water partition coefficient (Wildman–Crippen LogP) is 3.90. The lowest BCUT2D eigenvalue weighted by atomic mass is 9.86. The third-order valence-electron chi connectivity index (χ3n) is 2.37. The van der Waals surface area contributed by atoms with Crippen molar-refractivity contribution in [1.29, 1.82) is 0 Å². The standard InChI is InChI=1S/C12H15NS/c1-8-10(12(2,3)4)11-9(14-8)6-5-7-13-11/h5-7H,1-4H3. The number of hydrogen-bond acceptors (Lipinski definition) is 2. The van der Waals surface area contributed by atoms with Gasteiger partial charge in [-0.05, 0) is 30.0 Å². The minimum absolute atomic E-state index is 0.191. The van der Waals surface area contributed by atoms with Crippen molar-refractivity contribution in [2.75, 3.05) is 0 Å². The van der Waals surface area contributed by atoms with Crippen LogP contribution in [0.3, 0.4) is 0 Å². The fourth-order valence-electron chi connectivity index (χ4n) is 1.93. The Hall–Kier alpha value is -0.890. The molecule has 0 saturated carbocycles. The van der Waals surface area contributed by atoms with Gasteiger partial charge in [-0.3, -0.25) is 4.98 Å². The van der Waals surface area contributed by atoms with Crippen molar-refractivity contribution < 1.29 is 0 Å². The molecule has 0 bridgehead atoms. The maximum atomic E-state index is 4.48. The highest BCUT2D eigenvalue weighted by atomic mass is 32.1. The minimum atomic E-state index is 0.191. The second kappa shape index (κ2) is 3.06. The largest absolute Gasteiger partial charge is 0.255 e. The van der Waals surface area contributed by atoms with Crippen LogP contribution in [0.4, 0.5) is 0 Å². The minimum Gasteiger partial charge on any atom is -0.255 e. The molecule has 0 atom stereocenters. The van der Waals surface area contributed by atoms with Gasteiger partial charge in [0.15, 0.2) is 0 Å². The van der Waals surface area contributed by atoms with Crippen molar-refractivity contribution in [3.8, 4) is 0 Å². The molecule has 1 nitrogen and oxygen atoms in total. The molecule has 0 fully saturated rings. The van der Waals surface area contributed by atoms with Crippen molar-refractivity contribution in [2.24, 2.45) is 0 Å². The van der Waals surface area contributed by atoms with Crippen molar-refractivity contribution in [3.63, 3.8) is 0 Å². The first kappa shape index (κ1) is 9.66. The van der Waals surface area contributed by atoms with Gasteiger partial charge in [0.2, 0.25) is 0 Å². The molecule has 0 spiro atoms. The Labute approximate surface area is 88.8 Å². The Morgan fingerprint density at radius 3 is 2.64 bits per heavy atom. The van der Waals surface area contributed by atoms with E-state index in [1.54, 1.807) is 0 Å². The van der Waals surface area contributed by atoms with Gasteiger partial charge in [-0.1, -0.05) is 20.8 Å². The molecule has 0 radical (unpaired) electrons. The van der Waals surface area contributed by atoms with Gasteiger partial charge in [-0.2, -0.15) is 0 Å². The molecule has 0 unspecified atom stereocenters. The molecule has 74 valence electrons. The Morgan fingerprint density at radius 1 is 1.29 bits per heavy atom. The molecule has 0 amide bonds. The Balaban J connectivity index is 2.81. The molecule has 2 aromatic rings. The fraction of sp³-hybridized carbons (Fsp3) is 0.417. The highest BCUT2D eigenvalue weighted by Crippen LogP contribution is 2.36. The first-order valence-electron chi connectivity index (χ1n) is 4.85. The molecule has 0 aromatic carbocycles. The number of fused-ring (bicyclic) bond motifs is 1. The first-order valence-corrected chi connectivity index (χ1v) is 5.66. The van der Waals surface area contributed by atoms with Crippen LogP contribution in [0.5, 0.6) is 0 Å². The number of aryl methyl sites for hydroxylation is 1. The second-order valence-corrected chi connectivity index (χ2v) is 5.89. The summed E-state index contributed by atoms with van der Waals surface area (Å²) in [5.41, 5.74) is 2.78. The van der Waals surface area contributed by atoms with Crippen LogP contribution in [0, 0.1) is 6.92 Å². The quantitative estimate of drug-likeness (QED) is 0.635. The van der Waals surface area contributed by atoms with Crippen LogP contribution in [-0.2, 0) is 5.41 Å². The van der Waals surface area contributed by atoms with Crippen LogP contribution in [0.2, 0.25) is 0 Å². The number of thiophene rings is 1. The van der Waals surface area contributed by atoms with Crippen LogP contribution < -0.4 is 0 Å². The third-order valence-corrected chi connectivity index (χ3v) is 3.43. The summed E-state index contributed by atoms with van der Waals surface area (Å²) < 4.78 is 1.30. The van der Waals surface area contributed by atoms with E-state index >= 15 is 0 Å². The van der Waals surface area contributed by atoms with E-state index in [1.807, 2.05) is 23.6 Å². The lowest BCUT2D eigenvalue weighted by Crippen LogP contribution is -2.11. The van der Waals surface area contributed by atoms with Crippen molar-refractivity contribution in [3.05, 3.63) is 28.8 Å². The smallest absolute Gasteiger partial charge is 0.0849 e. The number of pyridine rings is 1. The van der Waals surface area contributed by atoms with E-state index in [0.29, 0.717) is 0 Å². The molecule has 14 heavy (non-hydrogen) atoms. The number of hydrogen-bond donors (Lipinski definition) is 0. The van der Waals surface area contributed by atoms with E-state index in [2.05, 4.69) is 38.7 Å². The number of nitrogens with zero attached hydrogens (tertiary/aromatic N) is 1. The molecule has 0 saturated heterocycles. The molecular formula is C12H15NS. The molecule has 2 rings (SSSR count). The van der Waals surface area contributed by atoms with Crippen LogP contribution in [0.25, 0.3) is 10.2 Å².